The summed E-state index contributed by atoms with van der Waals surface area (Å²) in [4.78, 5) is 10.4. The van der Waals surface area contributed by atoms with Crippen molar-refractivity contribution in [2.45, 2.75) is 103 Å². The van der Waals surface area contributed by atoms with E-state index in [1.54, 1.807) is 14.2 Å². The number of hydrogen-bond donors (Lipinski definition) is 0. The average molecular weight is 509 g/mol. The standard InChI is InChI=1S/C16H30N2.C15H18N2O2/c1-13(2)12-18-14-6-7-15(18)11-16(10-14)17-8-4-3-5-9-17;1-18-13-7-6-11(9-14(13)19-2)12-10-17-8-4-3-5-15(17)16-12/h13-16H,3-12H2,1-2H3;6-7,9-10H,3-5,8H2,1-2H3. The van der Waals surface area contributed by atoms with Crippen molar-refractivity contribution in [2.24, 2.45) is 5.92 Å². The molecule has 4 aliphatic heterocycles. The minimum atomic E-state index is 0.742. The Bertz CT molecular complexity index is 975. The number of aryl methyl sites for hydroxylation is 2. The zero-order valence-electron chi connectivity index (χ0n) is 23.6. The average Bonchev–Trinajstić information content (AvgIpc) is 3.45. The normalized spacial score (nSPS) is 25.9. The van der Waals surface area contributed by atoms with Crippen LogP contribution in [0.2, 0.25) is 0 Å². The maximum atomic E-state index is 5.34. The maximum Gasteiger partial charge on any atom is 0.161 e. The Morgan fingerprint density at radius 2 is 1.57 bits per heavy atom. The molecule has 0 aliphatic carbocycles. The summed E-state index contributed by atoms with van der Waals surface area (Å²) in [5.41, 5.74) is 2.08. The molecule has 6 heteroatoms. The lowest BCUT2D eigenvalue weighted by Crippen LogP contribution is -2.52. The van der Waals surface area contributed by atoms with E-state index in [0.717, 1.165) is 59.8 Å². The highest BCUT2D eigenvalue weighted by atomic mass is 16.5. The van der Waals surface area contributed by atoms with Crippen molar-refractivity contribution in [3.63, 3.8) is 0 Å². The summed E-state index contributed by atoms with van der Waals surface area (Å²) >= 11 is 0. The molecule has 4 aliphatic rings. The molecular weight excluding hydrogens is 460 g/mol. The van der Waals surface area contributed by atoms with E-state index in [1.807, 2.05) is 18.2 Å². The Balaban J connectivity index is 0.000000152. The molecule has 204 valence electrons. The number of imidazole rings is 1. The van der Waals surface area contributed by atoms with Crippen molar-refractivity contribution < 1.29 is 9.47 Å². The number of rotatable bonds is 6. The molecule has 2 bridgehead atoms. The van der Waals surface area contributed by atoms with Crippen molar-refractivity contribution in [3.8, 4) is 22.8 Å². The van der Waals surface area contributed by atoms with Gasteiger partial charge >= 0.3 is 0 Å². The molecule has 0 radical (unpaired) electrons. The predicted octanol–water partition coefficient (Wildman–Crippen LogP) is 6.03. The molecule has 0 amide bonds. The first kappa shape index (κ1) is 26.6. The van der Waals surface area contributed by atoms with Gasteiger partial charge in [0.05, 0.1) is 19.9 Å². The van der Waals surface area contributed by atoms with E-state index in [-0.39, 0.29) is 0 Å². The van der Waals surface area contributed by atoms with Crippen LogP contribution in [0.1, 0.15) is 77.5 Å². The smallest absolute Gasteiger partial charge is 0.161 e. The van der Waals surface area contributed by atoms with Crippen LogP contribution in [0, 0.1) is 5.92 Å². The zero-order chi connectivity index (χ0) is 25.8. The fourth-order valence-corrected chi connectivity index (χ4v) is 7.09. The Morgan fingerprint density at radius 1 is 0.865 bits per heavy atom. The highest BCUT2D eigenvalue weighted by molar-refractivity contribution is 5.63. The molecule has 2 unspecified atom stereocenters. The van der Waals surface area contributed by atoms with E-state index in [9.17, 15) is 0 Å². The van der Waals surface area contributed by atoms with Crippen LogP contribution in [0.5, 0.6) is 11.5 Å². The van der Waals surface area contributed by atoms with Gasteiger partial charge in [-0.1, -0.05) is 20.3 Å². The van der Waals surface area contributed by atoms with Crippen molar-refractivity contribution in [3.05, 3.63) is 30.2 Å². The second-order valence-corrected chi connectivity index (χ2v) is 12.0. The molecule has 6 nitrogen and oxygen atoms in total. The number of ether oxygens (including phenoxy) is 2. The monoisotopic (exact) mass is 508 g/mol. The number of fused-ring (bicyclic) bond motifs is 3. The molecule has 3 fully saturated rings. The first-order valence-electron chi connectivity index (χ1n) is 14.8. The minimum absolute atomic E-state index is 0.742. The van der Waals surface area contributed by atoms with Crippen LogP contribution in [0.15, 0.2) is 24.4 Å². The summed E-state index contributed by atoms with van der Waals surface area (Å²) in [6.07, 6.45) is 15.9. The van der Waals surface area contributed by atoms with Crippen LogP contribution in [0.25, 0.3) is 11.3 Å². The van der Waals surface area contributed by atoms with Crippen molar-refractivity contribution in [1.82, 2.24) is 19.4 Å². The number of benzene rings is 1. The van der Waals surface area contributed by atoms with E-state index in [4.69, 9.17) is 14.5 Å². The molecule has 2 aromatic rings. The van der Waals surface area contributed by atoms with Gasteiger partial charge in [-0.05, 0) is 88.6 Å². The molecule has 3 saturated heterocycles. The maximum absolute atomic E-state index is 5.34. The third-order valence-electron chi connectivity index (χ3n) is 8.93. The lowest BCUT2D eigenvalue weighted by Gasteiger charge is -2.45. The highest BCUT2D eigenvalue weighted by Crippen LogP contribution is 2.38. The van der Waals surface area contributed by atoms with Crippen LogP contribution in [0.3, 0.4) is 0 Å². The van der Waals surface area contributed by atoms with Gasteiger partial charge in [0.1, 0.15) is 5.82 Å². The molecule has 0 spiro atoms. The van der Waals surface area contributed by atoms with Crippen LogP contribution in [-0.2, 0) is 13.0 Å². The Hall–Kier alpha value is -2.05. The van der Waals surface area contributed by atoms with E-state index in [2.05, 4.69) is 34.4 Å². The molecule has 5 heterocycles. The minimum Gasteiger partial charge on any atom is -0.493 e. The van der Waals surface area contributed by atoms with Crippen LogP contribution in [0.4, 0.5) is 0 Å². The van der Waals surface area contributed by atoms with Crippen molar-refractivity contribution >= 4 is 0 Å². The summed E-state index contributed by atoms with van der Waals surface area (Å²) in [7, 11) is 3.30. The molecule has 6 rings (SSSR count). The topological polar surface area (TPSA) is 42.8 Å². The van der Waals surface area contributed by atoms with Gasteiger partial charge in [-0.15, -0.1) is 0 Å². The summed E-state index contributed by atoms with van der Waals surface area (Å²) in [5, 5.41) is 0. The second kappa shape index (κ2) is 12.2. The summed E-state index contributed by atoms with van der Waals surface area (Å²) in [6.45, 7) is 9.92. The number of likely N-dealkylation sites (tertiary alicyclic amines) is 1. The van der Waals surface area contributed by atoms with Crippen LogP contribution >= 0.6 is 0 Å². The Labute approximate surface area is 224 Å². The van der Waals surface area contributed by atoms with Crippen LogP contribution in [-0.4, -0.2) is 71.3 Å². The predicted molar refractivity (Wildman–Crippen MR) is 151 cm³/mol. The lowest BCUT2D eigenvalue weighted by atomic mass is 9.93. The molecular formula is C31H48N4O2. The fraction of sp³-hybridized carbons (Fsp3) is 0.710. The molecule has 37 heavy (non-hydrogen) atoms. The summed E-state index contributed by atoms with van der Waals surface area (Å²) in [6, 6.07) is 8.68. The van der Waals surface area contributed by atoms with E-state index >= 15 is 0 Å². The highest BCUT2D eigenvalue weighted by Gasteiger charge is 2.42. The van der Waals surface area contributed by atoms with Crippen molar-refractivity contribution in [1.29, 1.82) is 0 Å². The Kier molecular flexibility index (Phi) is 8.76. The first-order valence-corrected chi connectivity index (χ1v) is 14.8. The Morgan fingerprint density at radius 3 is 2.22 bits per heavy atom. The van der Waals surface area contributed by atoms with Gasteiger partial charge in [0.2, 0.25) is 0 Å². The largest absolute Gasteiger partial charge is 0.493 e. The van der Waals surface area contributed by atoms with Gasteiger partial charge in [-0.25, -0.2) is 4.98 Å². The van der Waals surface area contributed by atoms with Gasteiger partial charge in [0, 0.05) is 49.4 Å². The number of hydrogen-bond acceptors (Lipinski definition) is 5. The molecule has 0 saturated carbocycles. The van der Waals surface area contributed by atoms with Gasteiger partial charge in [-0.3, -0.25) is 4.90 Å². The van der Waals surface area contributed by atoms with E-state index in [0.29, 0.717) is 0 Å². The second-order valence-electron chi connectivity index (χ2n) is 12.0. The number of nitrogens with zero attached hydrogens (tertiary/aromatic N) is 4. The quantitative estimate of drug-likeness (QED) is 0.477. The lowest BCUT2D eigenvalue weighted by molar-refractivity contribution is 0.0431. The first-order chi connectivity index (χ1) is 18.1. The number of aromatic nitrogens is 2. The van der Waals surface area contributed by atoms with E-state index in [1.165, 1.54) is 83.2 Å². The molecule has 1 aromatic carbocycles. The fourth-order valence-electron chi connectivity index (χ4n) is 7.09. The van der Waals surface area contributed by atoms with Gasteiger partial charge in [-0.2, -0.15) is 0 Å². The molecule has 2 atom stereocenters. The van der Waals surface area contributed by atoms with Crippen molar-refractivity contribution in [2.75, 3.05) is 33.9 Å². The summed E-state index contributed by atoms with van der Waals surface area (Å²) < 4.78 is 12.9. The SMILES string of the molecule is CC(C)CN1C2CCC1CC(N1CCCCC1)C2.COc1ccc(-c2cn3c(n2)CCCC3)cc1OC. The number of methoxy groups -OCH3 is 2. The third kappa shape index (κ3) is 6.17. The van der Waals surface area contributed by atoms with Crippen LogP contribution < -0.4 is 9.47 Å². The van der Waals surface area contributed by atoms with E-state index < -0.39 is 0 Å². The summed E-state index contributed by atoms with van der Waals surface area (Å²) in [5.74, 6) is 3.51. The third-order valence-corrected chi connectivity index (χ3v) is 8.93. The van der Waals surface area contributed by atoms with Gasteiger partial charge in [0.15, 0.2) is 11.5 Å². The molecule has 0 N–H and O–H groups in total. The van der Waals surface area contributed by atoms with Gasteiger partial charge < -0.3 is 18.9 Å². The number of piperidine rings is 2. The zero-order valence-corrected chi connectivity index (χ0v) is 23.6. The molecule has 1 aromatic heterocycles. The van der Waals surface area contributed by atoms with Gasteiger partial charge in [0.25, 0.3) is 0 Å².